The number of nitrogens with zero attached hydrogens (tertiary/aromatic N) is 1. The Kier molecular flexibility index (Phi) is 2.73. The molecule has 0 atom stereocenters. The summed E-state index contributed by atoms with van der Waals surface area (Å²) < 4.78 is 0. The van der Waals surface area contributed by atoms with Crippen molar-refractivity contribution in [1.82, 2.24) is 0 Å². The molecule has 1 saturated carbocycles. The fourth-order valence-corrected chi connectivity index (χ4v) is 2.19. The van der Waals surface area contributed by atoms with E-state index in [1.807, 2.05) is 0 Å². The molecule has 10 heavy (non-hydrogen) atoms. The molecule has 56 valence electrons. The van der Waals surface area contributed by atoms with Crippen LogP contribution in [0.3, 0.4) is 0 Å². The Balaban J connectivity index is 2.55. The second kappa shape index (κ2) is 3.39. The third kappa shape index (κ3) is 1.52. The summed E-state index contributed by atoms with van der Waals surface area (Å²) in [4.78, 5) is 0. The van der Waals surface area contributed by atoms with E-state index in [0.29, 0.717) is 0 Å². The summed E-state index contributed by atoms with van der Waals surface area (Å²) in [5.74, 6) is 0. The van der Waals surface area contributed by atoms with E-state index in [2.05, 4.69) is 22.0 Å². The molecule has 0 aliphatic heterocycles. The van der Waals surface area contributed by atoms with Crippen LogP contribution < -0.4 is 0 Å². The maximum absolute atomic E-state index is 8.86. The summed E-state index contributed by atoms with van der Waals surface area (Å²) in [6.45, 7) is 0. The molecule has 0 aromatic carbocycles. The summed E-state index contributed by atoms with van der Waals surface area (Å²) >= 11 is 3.41. The quantitative estimate of drug-likeness (QED) is 0.599. The third-order valence-corrected chi connectivity index (χ3v) is 3.38. The molecular formula is C8H12BrN. The highest BCUT2D eigenvalue weighted by Gasteiger charge is 2.30. The van der Waals surface area contributed by atoms with Crippen LogP contribution in [0.25, 0.3) is 0 Å². The summed E-state index contributed by atoms with van der Waals surface area (Å²) in [6.07, 6.45) is 5.97. The molecule has 0 radical (unpaired) electrons. The maximum atomic E-state index is 8.86. The van der Waals surface area contributed by atoms with E-state index in [9.17, 15) is 0 Å². The van der Waals surface area contributed by atoms with Crippen molar-refractivity contribution in [1.29, 1.82) is 5.26 Å². The molecule has 0 unspecified atom stereocenters. The molecule has 0 saturated heterocycles. The molecule has 1 aliphatic rings. The molecule has 1 fully saturated rings. The zero-order valence-corrected chi connectivity index (χ0v) is 7.65. The van der Waals surface area contributed by atoms with Crippen LogP contribution in [-0.4, -0.2) is 5.33 Å². The van der Waals surface area contributed by atoms with Gasteiger partial charge in [-0.25, -0.2) is 0 Å². The predicted molar refractivity (Wildman–Crippen MR) is 44.9 cm³/mol. The second-order valence-electron chi connectivity index (χ2n) is 3.09. The van der Waals surface area contributed by atoms with Crippen LogP contribution in [0.4, 0.5) is 0 Å². The Labute approximate surface area is 70.5 Å². The highest BCUT2D eigenvalue weighted by atomic mass is 79.9. The topological polar surface area (TPSA) is 23.8 Å². The number of alkyl halides is 1. The summed E-state index contributed by atoms with van der Waals surface area (Å²) in [6, 6.07) is 2.42. The molecule has 0 bridgehead atoms. The van der Waals surface area contributed by atoms with Crippen LogP contribution in [0.2, 0.25) is 0 Å². The molecule has 1 rings (SSSR count). The maximum Gasteiger partial charge on any atom is 0.0698 e. The van der Waals surface area contributed by atoms with Crippen LogP contribution in [-0.2, 0) is 0 Å². The molecule has 0 aromatic heterocycles. The van der Waals surface area contributed by atoms with Crippen molar-refractivity contribution >= 4 is 15.9 Å². The number of hydrogen-bond acceptors (Lipinski definition) is 1. The molecule has 0 heterocycles. The Hall–Kier alpha value is -0.0300. The van der Waals surface area contributed by atoms with E-state index in [4.69, 9.17) is 5.26 Å². The van der Waals surface area contributed by atoms with E-state index < -0.39 is 0 Å². The highest BCUT2D eigenvalue weighted by molar-refractivity contribution is 9.09. The van der Waals surface area contributed by atoms with Crippen LogP contribution >= 0.6 is 15.9 Å². The minimum atomic E-state index is -0.0156. The smallest absolute Gasteiger partial charge is 0.0698 e. The van der Waals surface area contributed by atoms with Gasteiger partial charge >= 0.3 is 0 Å². The van der Waals surface area contributed by atoms with Gasteiger partial charge in [-0.15, -0.1) is 0 Å². The monoisotopic (exact) mass is 201 g/mol. The molecule has 0 spiro atoms. The van der Waals surface area contributed by atoms with Gasteiger partial charge in [0.15, 0.2) is 0 Å². The zero-order valence-electron chi connectivity index (χ0n) is 6.07. The van der Waals surface area contributed by atoms with E-state index in [0.717, 1.165) is 18.2 Å². The van der Waals surface area contributed by atoms with Gasteiger partial charge in [0.1, 0.15) is 0 Å². The van der Waals surface area contributed by atoms with E-state index in [1.54, 1.807) is 0 Å². The number of nitriles is 1. The van der Waals surface area contributed by atoms with Crippen LogP contribution in [0.15, 0.2) is 0 Å². The Morgan fingerprint density at radius 3 is 2.20 bits per heavy atom. The minimum Gasteiger partial charge on any atom is -0.198 e. The van der Waals surface area contributed by atoms with Gasteiger partial charge in [-0.05, 0) is 12.8 Å². The van der Waals surface area contributed by atoms with Gasteiger partial charge in [0.25, 0.3) is 0 Å². The fourth-order valence-electron chi connectivity index (χ4n) is 1.50. The van der Waals surface area contributed by atoms with Crippen molar-refractivity contribution in [2.45, 2.75) is 32.1 Å². The first kappa shape index (κ1) is 8.07. The number of halogens is 1. The lowest BCUT2D eigenvalue weighted by Crippen LogP contribution is -2.23. The Morgan fingerprint density at radius 2 is 1.90 bits per heavy atom. The zero-order chi connectivity index (χ0) is 7.45. The van der Waals surface area contributed by atoms with Crippen molar-refractivity contribution in [2.75, 3.05) is 5.33 Å². The molecule has 1 nitrogen and oxygen atoms in total. The Morgan fingerprint density at radius 1 is 1.30 bits per heavy atom. The van der Waals surface area contributed by atoms with Gasteiger partial charge < -0.3 is 0 Å². The lowest BCUT2D eigenvalue weighted by atomic mass is 9.77. The standard InChI is InChI=1S/C8H12BrN/c9-6-8(7-10)4-2-1-3-5-8/h1-6H2. The average molecular weight is 202 g/mol. The molecule has 0 aromatic rings. The van der Waals surface area contributed by atoms with E-state index in [1.165, 1.54) is 19.3 Å². The van der Waals surface area contributed by atoms with Crippen molar-refractivity contribution in [3.8, 4) is 6.07 Å². The van der Waals surface area contributed by atoms with E-state index >= 15 is 0 Å². The van der Waals surface area contributed by atoms with Crippen molar-refractivity contribution in [3.05, 3.63) is 0 Å². The van der Waals surface area contributed by atoms with Crippen molar-refractivity contribution < 1.29 is 0 Å². The van der Waals surface area contributed by atoms with Gasteiger partial charge in [0.2, 0.25) is 0 Å². The fraction of sp³-hybridized carbons (Fsp3) is 0.875. The predicted octanol–water partition coefficient (Wildman–Crippen LogP) is 2.86. The molecule has 1 aliphatic carbocycles. The van der Waals surface area contributed by atoms with Crippen LogP contribution in [0.1, 0.15) is 32.1 Å². The normalized spacial score (nSPS) is 23.6. The highest BCUT2D eigenvalue weighted by Crippen LogP contribution is 2.36. The van der Waals surface area contributed by atoms with Gasteiger partial charge in [-0.2, -0.15) is 5.26 Å². The number of rotatable bonds is 1. The third-order valence-electron chi connectivity index (χ3n) is 2.30. The van der Waals surface area contributed by atoms with Gasteiger partial charge in [0, 0.05) is 5.33 Å². The van der Waals surface area contributed by atoms with Crippen LogP contribution in [0.5, 0.6) is 0 Å². The first-order valence-electron chi connectivity index (χ1n) is 3.80. The summed E-state index contributed by atoms with van der Waals surface area (Å²) in [7, 11) is 0. The van der Waals surface area contributed by atoms with Crippen molar-refractivity contribution in [3.63, 3.8) is 0 Å². The molecule has 0 amide bonds. The van der Waals surface area contributed by atoms with Crippen LogP contribution in [0, 0.1) is 16.7 Å². The SMILES string of the molecule is N#CC1(CBr)CCCCC1. The molecule has 0 N–H and O–H groups in total. The van der Waals surface area contributed by atoms with Gasteiger partial charge in [-0.3, -0.25) is 0 Å². The molecule has 2 heteroatoms. The van der Waals surface area contributed by atoms with Crippen molar-refractivity contribution in [2.24, 2.45) is 5.41 Å². The van der Waals surface area contributed by atoms with E-state index in [-0.39, 0.29) is 5.41 Å². The lowest BCUT2D eigenvalue weighted by Gasteiger charge is -2.28. The van der Waals surface area contributed by atoms with Gasteiger partial charge in [0.05, 0.1) is 11.5 Å². The molecular weight excluding hydrogens is 190 g/mol. The van der Waals surface area contributed by atoms with Gasteiger partial charge in [-0.1, -0.05) is 35.2 Å². The Bertz CT molecular complexity index is 142. The average Bonchev–Trinajstić information content (AvgIpc) is 2.06. The largest absolute Gasteiger partial charge is 0.198 e. The number of hydrogen-bond donors (Lipinski definition) is 0. The minimum absolute atomic E-state index is 0.0156. The second-order valence-corrected chi connectivity index (χ2v) is 3.65. The lowest BCUT2D eigenvalue weighted by molar-refractivity contribution is 0.304. The first-order chi connectivity index (χ1) is 4.83. The first-order valence-corrected chi connectivity index (χ1v) is 4.92. The summed E-state index contributed by atoms with van der Waals surface area (Å²) in [5, 5.41) is 9.72. The summed E-state index contributed by atoms with van der Waals surface area (Å²) in [5.41, 5.74) is -0.0156.